The molecule has 0 fully saturated rings. The highest BCUT2D eigenvalue weighted by Crippen LogP contribution is 2.25. The van der Waals surface area contributed by atoms with Crippen molar-refractivity contribution in [3.63, 3.8) is 0 Å². The van der Waals surface area contributed by atoms with E-state index in [1.54, 1.807) is 13.0 Å². The molecule has 5 nitrogen and oxygen atoms in total. The molecule has 1 heterocycles. The maximum absolute atomic E-state index is 12.1. The molecule has 0 aliphatic carbocycles. The predicted octanol–water partition coefficient (Wildman–Crippen LogP) is 1.56. The van der Waals surface area contributed by atoms with Crippen LogP contribution in [0.15, 0.2) is 10.3 Å². The third kappa shape index (κ3) is 4.82. The highest BCUT2D eigenvalue weighted by atomic mass is 32.2. The van der Waals surface area contributed by atoms with Crippen LogP contribution in [0.1, 0.15) is 30.7 Å². The van der Waals surface area contributed by atoms with Gasteiger partial charge in [0.25, 0.3) is 0 Å². The van der Waals surface area contributed by atoms with Gasteiger partial charge in [0.05, 0.1) is 6.61 Å². The highest BCUT2D eigenvalue weighted by Gasteiger charge is 2.18. The molecule has 116 valence electrons. The Bertz CT molecular complexity index is 512. The molecule has 0 radical (unpaired) electrons. The van der Waals surface area contributed by atoms with E-state index in [1.165, 1.54) is 0 Å². The maximum Gasteiger partial charge on any atom is 0.250 e. The molecular formula is C13H24N2O3S2. The maximum atomic E-state index is 12.1. The second kappa shape index (κ2) is 8.09. The second-order valence-electron chi connectivity index (χ2n) is 4.66. The minimum absolute atomic E-state index is 0.119. The van der Waals surface area contributed by atoms with Crippen LogP contribution in [-0.2, 0) is 16.6 Å². The molecule has 0 amide bonds. The lowest BCUT2D eigenvalue weighted by Crippen LogP contribution is -2.35. The van der Waals surface area contributed by atoms with Gasteiger partial charge in [0.2, 0.25) is 10.0 Å². The van der Waals surface area contributed by atoms with E-state index < -0.39 is 10.0 Å². The lowest BCUT2D eigenvalue weighted by Gasteiger charge is -2.19. The van der Waals surface area contributed by atoms with Gasteiger partial charge in [-0.2, -0.15) is 0 Å². The van der Waals surface area contributed by atoms with Crippen LogP contribution in [0.4, 0.5) is 0 Å². The van der Waals surface area contributed by atoms with E-state index in [-0.39, 0.29) is 10.8 Å². The molecule has 0 aliphatic heterocycles. The molecule has 1 aromatic heterocycles. The summed E-state index contributed by atoms with van der Waals surface area (Å²) in [5, 5.41) is 9.13. The minimum Gasteiger partial charge on any atom is -0.391 e. The van der Waals surface area contributed by atoms with Crippen molar-refractivity contribution in [3.05, 3.63) is 16.5 Å². The van der Waals surface area contributed by atoms with Crippen molar-refractivity contribution in [1.29, 1.82) is 0 Å². The lowest BCUT2D eigenvalue weighted by atomic mass is 10.3. The number of likely N-dealkylation sites (N-methyl/N-ethyl adjacent to an activating group) is 1. The summed E-state index contributed by atoms with van der Waals surface area (Å²) in [6.45, 7) is 8.88. The van der Waals surface area contributed by atoms with Crippen LogP contribution in [0.5, 0.6) is 0 Å². The molecule has 1 rings (SSSR count). The van der Waals surface area contributed by atoms with Crippen LogP contribution in [0, 0.1) is 6.92 Å². The number of aliphatic hydroxyl groups is 1. The normalized spacial score (nSPS) is 12.2. The number of hydrogen-bond acceptors (Lipinski definition) is 5. The molecule has 0 saturated heterocycles. The fourth-order valence-electron chi connectivity index (χ4n) is 1.93. The van der Waals surface area contributed by atoms with Gasteiger partial charge in [-0.15, -0.1) is 11.3 Å². The summed E-state index contributed by atoms with van der Waals surface area (Å²) in [6.07, 6.45) is 1.06. The highest BCUT2D eigenvalue weighted by molar-refractivity contribution is 7.91. The number of sulfonamides is 1. The SMILES string of the molecule is CCCN(CC)CCNS(=O)(=O)c1cc(C)c(CO)s1. The first-order valence-corrected chi connectivity index (χ1v) is 9.16. The van der Waals surface area contributed by atoms with Crippen molar-refractivity contribution < 1.29 is 13.5 Å². The smallest absolute Gasteiger partial charge is 0.250 e. The van der Waals surface area contributed by atoms with Gasteiger partial charge in [0, 0.05) is 18.0 Å². The Morgan fingerprint density at radius 2 is 2.05 bits per heavy atom. The fourth-order valence-corrected chi connectivity index (χ4v) is 4.45. The van der Waals surface area contributed by atoms with Gasteiger partial charge < -0.3 is 10.0 Å². The Labute approximate surface area is 125 Å². The van der Waals surface area contributed by atoms with Crippen molar-refractivity contribution in [3.8, 4) is 0 Å². The summed E-state index contributed by atoms with van der Waals surface area (Å²) in [5.74, 6) is 0. The molecule has 2 N–H and O–H groups in total. The van der Waals surface area contributed by atoms with E-state index in [9.17, 15) is 8.42 Å². The molecule has 0 atom stereocenters. The van der Waals surface area contributed by atoms with E-state index in [2.05, 4.69) is 23.5 Å². The van der Waals surface area contributed by atoms with Gasteiger partial charge in [-0.3, -0.25) is 0 Å². The molecule has 0 saturated carbocycles. The summed E-state index contributed by atoms with van der Waals surface area (Å²) in [4.78, 5) is 2.91. The fraction of sp³-hybridized carbons (Fsp3) is 0.692. The Hall–Kier alpha value is -0.470. The predicted molar refractivity (Wildman–Crippen MR) is 82.6 cm³/mol. The van der Waals surface area contributed by atoms with Crippen molar-refractivity contribution in [2.24, 2.45) is 0 Å². The molecule has 0 bridgehead atoms. The van der Waals surface area contributed by atoms with Crippen LogP contribution in [0.2, 0.25) is 0 Å². The van der Waals surface area contributed by atoms with Gasteiger partial charge in [-0.1, -0.05) is 13.8 Å². The quantitative estimate of drug-likeness (QED) is 0.724. The third-order valence-electron chi connectivity index (χ3n) is 3.11. The van der Waals surface area contributed by atoms with Crippen LogP contribution in [-0.4, -0.2) is 44.6 Å². The third-order valence-corrected chi connectivity index (χ3v) is 6.27. The van der Waals surface area contributed by atoms with Crippen LogP contribution in [0.25, 0.3) is 0 Å². The number of nitrogens with one attached hydrogen (secondary N) is 1. The Kier molecular flexibility index (Phi) is 7.11. The molecule has 1 aromatic rings. The summed E-state index contributed by atoms with van der Waals surface area (Å²) >= 11 is 1.13. The molecular weight excluding hydrogens is 296 g/mol. The summed E-state index contributed by atoms with van der Waals surface area (Å²) in [6, 6.07) is 1.61. The topological polar surface area (TPSA) is 69.6 Å². The average molecular weight is 320 g/mol. The summed E-state index contributed by atoms with van der Waals surface area (Å²) in [7, 11) is -3.46. The van der Waals surface area contributed by atoms with Crippen molar-refractivity contribution in [2.75, 3.05) is 26.2 Å². The van der Waals surface area contributed by atoms with Crippen LogP contribution < -0.4 is 4.72 Å². The van der Waals surface area contributed by atoms with Gasteiger partial charge >= 0.3 is 0 Å². The van der Waals surface area contributed by atoms with Crippen LogP contribution >= 0.6 is 11.3 Å². The summed E-state index contributed by atoms with van der Waals surface area (Å²) < 4.78 is 27.2. The standard InChI is InChI=1S/C13H24N2O3S2/c1-4-7-15(5-2)8-6-14-20(17,18)13-9-11(3)12(10-16)19-13/h9,14,16H,4-8,10H2,1-3H3. The first kappa shape index (κ1) is 17.6. The zero-order valence-corrected chi connectivity index (χ0v) is 14.0. The molecule has 0 spiro atoms. The number of hydrogen-bond donors (Lipinski definition) is 2. The number of thiophene rings is 1. The largest absolute Gasteiger partial charge is 0.391 e. The van der Waals surface area contributed by atoms with E-state index in [0.717, 1.165) is 36.4 Å². The molecule has 20 heavy (non-hydrogen) atoms. The first-order chi connectivity index (χ1) is 9.44. The zero-order chi connectivity index (χ0) is 15.2. The molecule has 7 heteroatoms. The molecule has 0 aromatic carbocycles. The number of aryl methyl sites for hydroxylation is 1. The molecule has 0 unspecified atom stereocenters. The minimum atomic E-state index is -3.46. The average Bonchev–Trinajstić information content (AvgIpc) is 2.79. The zero-order valence-electron chi connectivity index (χ0n) is 12.3. The Morgan fingerprint density at radius 1 is 1.35 bits per heavy atom. The molecule has 0 aliphatic rings. The second-order valence-corrected chi connectivity index (χ2v) is 7.79. The van der Waals surface area contributed by atoms with Gasteiger partial charge in [-0.05, 0) is 38.1 Å². The number of nitrogens with zero attached hydrogens (tertiary/aromatic N) is 1. The van der Waals surface area contributed by atoms with Crippen molar-refractivity contribution in [1.82, 2.24) is 9.62 Å². The lowest BCUT2D eigenvalue weighted by molar-refractivity contribution is 0.285. The van der Waals surface area contributed by atoms with E-state index >= 15 is 0 Å². The van der Waals surface area contributed by atoms with Crippen molar-refractivity contribution >= 4 is 21.4 Å². The Morgan fingerprint density at radius 3 is 2.55 bits per heavy atom. The van der Waals surface area contributed by atoms with Gasteiger partial charge in [-0.25, -0.2) is 13.1 Å². The number of rotatable bonds is 9. The number of aliphatic hydroxyl groups excluding tert-OH is 1. The first-order valence-electron chi connectivity index (χ1n) is 6.86. The van der Waals surface area contributed by atoms with E-state index in [4.69, 9.17) is 5.11 Å². The van der Waals surface area contributed by atoms with Crippen molar-refractivity contribution in [2.45, 2.75) is 38.0 Å². The van der Waals surface area contributed by atoms with E-state index in [0.29, 0.717) is 18.0 Å². The van der Waals surface area contributed by atoms with Crippen LogP contribution in [0.3, 0.4) is 0 Å². The van der Waals surface area contributed by atoms with E-state index in [1.807, 2.05) is 0 Å². The Balaban J connectivity index is 2.61. The van der Waals surface area contributed by atoms with Gasteiger partial charge in [0.15, 0.2) is 0 Å². The monoisotopic (exact) mass is 320 g/mol. The van der Waals surface area contributed by atoms with Gasteiger partial charge in [0.1, 0.15) is 4.21 Å². The summed E-state index contributed by atoms with van der Waals surface area (Å²) in [5.41, 5.74) is 0.819.